The molecule has 1 aliphatic heterocycles. The van der Waals surface area contributed by atoms with Gasteiger partial charge in [-0.25, -0.2) is 0 Å². The first-order valence-electron chi connectivity index (χ1n) is 7.81. The van der Waals surface area contributed by atoms with Crippen molar-refractivity contribution in [2.45, 2.75) is 39.0 Å². The number of fused-ring (bicyclic) bond motifs is 1. The minimum absolute atomic E-state index is 0.0444. The maximum Gasteiger partial charge on any atom is 0.260 e. The number of amides is 1. The lowest BCUT2D eigenvalue weighted by atomic mass is 9.83. The Bertz CT molecular complexity index is 561. The van der Waals surface area contributed by atoms with Gasteiger partial charge in [-0.2, -0.15) is 0 Å². The van der Waals surface area contributed by atoms with Gasteiger partial charge in [-0.3, -0.25) is 9.59 Å². The summed E-state index contributed by atoms with van der Waals surface area (Å²) in [4.78, 5) is 26.5. The summed E-state index contributed by atoms with van der Waals surface area (Å²) in [6.45, 7) is 2.82. The summed E-state index contributed by atoms with van der Waals surface area (Å²) in [5.41, 5.74) is 1.17. The standard InChI is InChI=1S/C17H21NO3/c1-2-18-11-21-15-9-8-13(10-14(15)17(18)20)16(19)12-6-4-3-5-7-12/h8-10,12H,2-7,11H2,1H3. The second-order valence-corrected chi connectivity index (χ2v) is 5.84. The van der Waals surface area contributed by atoms with Gasteiger partial charge in [0.25, 0.3) is 5.91 Å². The molecule has 1 aromatic rings. The van der Waals surface area contributed by atoms with Crippen molar-refractivity contribution < 1.29 is 14.3 Å². The second-order valence-electron chi connectivity index (χ2n) is 5.84. The number of Topliss-reactive ketones (excluding diaryl/α,β-unsaturated/α-hetero) is 1. The topological polar surface area (TPSA) is 46.6 Å². The molecule has 0 atom stereocenters. The van der Waals surface area contributed by atoms with Crippen molar-refractivity contribution in [2.75, 3.05) is 13.3 Å². The summed E-state index contributed by atoms with van der Waals surface area (Å²) in [6.07, 6.45) is 5.44. The zero-order valence-electron chi connectivity index (χ0n) is 12.4. The van der Waals surface area contributed by atoms with Gasteiger partial charge in [0.05, 0.1) is 5.56 Å². The van der Waals surface area contributed by atoms with E-state index in [9.17, 15) is 9.59 Å². The fraction of sp³-hybridized carbons (Fsp3) is 0.529. The predicted molar refractivity (Wildman–Crippen MR) is 79.6 cm³/mol. The number of carbonyl (C=O) groups is 2. The smallest absolute Gasteiger partial charge is 0.260 e. The van der Waals surface area contributed by atoms with Crippen LogP contribution in [0, 0.1) is 5.92 Å². The van der Waals surface area contributed by atoms with Crippen molar-refractivity contribution in [1.29, 1.82) is 0 Å². The molecule has 0 N–H and O–H groups in total. The van der Waals surface area contributed by atoms with Crippen LogP contribution < -0.4 is 4.74 Å². The number of rotatable bonds is 3. The van der Waals surface area contributed by atoms with Crippen LogP contribution >= 0.6 is 0 Å². The Morgan fingerprint density at radius 1 is 1.29 bits per heavy atom. The lowest BCUT2D eigenvalue weighted by Gasteiger charge is -2.28. The Hall–Kier alpha value is -1.84. The Morgan fingerprint density at radius 3 is 2.76 bits per heavy atom. The molecular weight excluding hydrogens is 266 g/mol. The van der Waals surface area contributed by atoms with E-state index in [0.29, 0.717) is 23.4 Å². The summed E-state index contributed by atoms with van der Waals surface area (Å²) in [5.74, 6) is 0.847. The lowest BCUT2D eigenvalue weighted by molar-refractivity contribution is 0.0538. The first-order chi connectivity index (χ1) is 10.2. The predicted octanol–water partition coefficient (Wildman–Crippen LogP) is 3.26. The summed E-state index contributed by atoms with van der Waals surface area (Å²) in [7, 11) is 0. The molecule has 4 heteroatoms. The first kappa shape index (κ1) is 14.1. The third kappa shape index (κ3) is 2.67. The van der Waals surface area contributed by atoms with Crippen LogP contribution in [0.1, 0.15) is 59.7 Å². The maximum absolute atomic E-state index is 12.6. The molecule has 112 valence electrons. The van der Waals surface area contributed by atoms with Crippen LogP contribution in [0.25, 0.3) is 0 Å². The summed E-state index contributed by atoms with van der Waals surface area (Å²) >= 11 is 0. The Morgan fingerprint density at radius 2 is 2.05 bits per heavy atom. The quantitative estimate of drug-likeness (QED) is 0.802. The molecule has 0 saturated heterocycles. The van der Waals surface area contributed by atoms with Gasteiger partial charge < -0.3 is 9.64 Å². The minimum Gasteiger partial charge on any atom is -0.472 e. The largest absolute Gasteiger partial charge is 0.472 e. The lowest BCUT2D eigenvalue weighted by Crippen LogP contribution is -2.38. The molecule has 1 aliphatic carbocycles. The van der Waals surface area contributed by atoms with E-state index in [4.69, 9.17) is 4.74 Å². The highest BCUT2D eigenvalue weighted by molar-refractivity contribution is 6.03. The molecular formula is C17H21NO3. The first-order valence-corrected chi connectivity index (χ1v) is 7.81. The van der Waals surface area contributed by atoms with E-state index in [-0.39, 0.29) is 24.3 Å². The maximum atomic E-state index is 12.6. The van der Waals surface area contributed by atoms with Crippen molar-refractivity contribution >= 4 is 11.7 Å². The number of hydrogen-bond acceptors (Lipinski definition) is 3. The fourth-order valence-corrected chi connectivity index (χ4v) is 3.19. The monoisotopic (exact) mass is 287 g/mol. The van der Waals surface area contributed by atoms with E-state index in [1.165, 1.54) is 6.42 Å². The third-order valence-electron chi connectivity index (χ3n) is 4.52. The molecule has 0 unspecified atom stereocenters. The van der Waals surface area contributed by atoms with Gasteiger partial charge in [0.2, 0.25) is 0 Å². The van der Waals surface area contributed by atoms with Crippen LogP contribution in [0.4, 0.5) is 0 Å². The molecule has 2 aliphatic rings. The molecule has 1 amide bonds. The van der Waals surface area contributed by atoms with E-state index in [1.807, 2.05) is 6.92 Å². The van der Waals surface area contributed by atoms with Crippen LogP contribution in [0.3, 0.4) is 0 Å². The molecule has 0 spiro atoms. The van der Waals surface area contributed by atoms with Crippen molar-refractivity contribution in [3.05, 3.63) is 29.3 Å². The van der Waals surface area contributed by atoms with Crippen molar-refractivity contribution in [1.82, 2.24) is 4.90 Å². The van der Waals surface area contributed by atoms with Crippen molar-refractivity contribution in [3.63, 3.8) is 0 Å². The minimum atomic E-state index is -0.0444. The van der Waals surface area contributed by atoms with Crippen LogP contribution in [0.2, 0.25) is 0 Å². The van der Waals surface area contributed by atoms with Gasteiger partial charge >= 0.3 is 0 Å². The van der Waals surface area contributed by atoms with Gasteiger partial charge in [0.15, 0.2) is 12.5 Å². The van der Waals surface area contributed by atoms with Crippen LogP contribution in [-0.2, 0) is 0 Å². The zero-order valence-corrected chi connectivity index (χ0v) is 12.4. The highest BCUT2D eigenvalue weighted by Crippen LogP contribution is 2.30. The molecule has 1 aromatic carbocycles. The zero-order chi connectivity index (χ0) is 14.8. The van der Waals surface area contributed by atoms with Crippen molar-refractivity contribution in [3.8, 4) is 5.75 Å². The number of ether oxygens (including phenoxy) is 1. The van der Waals surface area contributed by atoms with Gasteiger partial charge in [0.1, 0.15) is 5.75 Å². The van der Waals surface area contributed by atoms with E-state index >= 15 is 0 Å². The van der Waals surface area contributed by atoms with E-state index in [2.05, 4.69) is 0 Å². The molecule has 4 nitrogen and oxygen atoms in total. The van der Waals surface area contributed by atoms with E-state index < -0.39 is 0 Å². The van der Waals surface area contributed by atoms with Crippen LogP contribution in [-0.4, -0.2) is 29.9 Å². The highest BCUT2D eigenvalue weighted by atomic mass is 16.5. The van der Waals surface area contributed by atoms with Gasteiger partial charge in [-0.05, 0) is 38.0 Å². The number of ketones is 1. The normalized spacial score (nSPS) is 19.1. The highest BCUT2D eigenvalue weighted by Gasteiger charge is 2.27. The van der Waals surface area contributed by atoms with Crippen molar-refractivity contribution in [2.24, 2.45) is 5.92 Å². The number of hydrogen-bond donors (Lipinski definition) is 0. The van der Waals surface area contributed by atoms with Gasteiger partial charge in [-0.15, -0.1) is 0 Å². The average molecular weight is 287 g/mol. The summed E-state index contributed by atoms with van der Waals surface area (Å²) in [6, 6.07) is 5.28. The van der Waals surface area contributed by atoms with E-state index in [1.54, 1.807) is 23.1 Å². The molecule has 0 aromatic heterocycles. The SMILES string of the molecule is CCN1COc2ccc(C(=O)C3CCCCC3)cc2C1=O. The van der Waals surface area contributed by atoms with Crippen LogP contribution in [0.15, 0.2) is 18.2 Å². The van der Waals surface area contributed by atoms with Gasteiger partial charge in [-0.1, -0.05) is 19.3 Å². The number of carbonyl (C=O) groups excluding carboxylic acids is 2. The Labute approximate surface area is 125 Å². The molecule has 1 heterocycles. The Balaban J connectivity index is 1.86. The average Bonchev–Trinajstić information content (AvgIpc) is 2.55. The molecule has 3 rings (SSSR count). The van der Waals surface area contributed by atoms with Crippen LogP contribution in [0.5, 0.6) is 5.75 Å². The number of nitrogens with zero attached hydrogens (tertiary/aromatic N) is 1. The fourth-order valence-electron chi connectivity index (χ4n) is 3.19. The van der Waals surface area contributed by atoms with E-state index in [0.717, 1.165) is 25.7 Å². The summed E-state index contributed by atoms with van der Waals surface area (Å²) in [5, 5.41) is 0. The molecule has 21 heavy (non-hydrogen) atoms. The third-order valence-corrected chi connectivity index (χ3v) is 4.52. The molecule has 1 saturated carbocycles. The summed E-state index contributed by atoms with van der Waals surface area (Å²) < 4.78 is 5.57. The molecule has 0 bridgehead atoms. The van der Waals surface area contributed by atoms with Gasteiger partial charge in [0, 0.05) is 18.0 Å². The molecule has 0 radical (unpaired) electrons. The second kappa shape index (κ2) is 5.88. The number of benzene rings is 1. The molecule has 1 fully saturated rings. The Kier molecular flexibility index (Phi) is 3.95.